The van der Waals surface area contributed by atoms with Crippen LogP contribution in [-0.2, 0) is 13.1 Å². The van der Waals surface area contributed by atoms with Gasteiger partial charge in [0, 0.05) is 18.8 Å². The van der Waals surface area contributed by atoms with Gasteiger partial charge in [-0.05, 0) is 29.3 Å². The summed E-state index contributed by atoms with van der Waals surface area (Å²) in [6.45, 7) is 1.25. The summed E-state index contributed by atoms with van der Waals surface area (Å²) in [4.78, 5) is 13.9. The zero-order chi connectivity index (χ0) is 11.8. The summed E-state index contributed by atoms with van der Waals surface area (Å²) in [6.07, 6.45) is 2.98. The van der Waals surface area contributed by atoms with Gasteiger partial charge in [-0.15, -0.1) is 0 Å². The second kappa shape index (κ2) is 3.66. The summed E-state index contributed by atoms with van der Waals surface area (Å²) in [5.41, 5.74) is 9.34. The molecular formula is C13H12N2O2. The van der Waals surface area contributed by atoms with E-state index in [4.69, 9.17) is 10.2 Å². The van der Waals surface area contributed by atoms with Crippen LogP contribution in [0.1, 0.15) is 21.5 Å². The molecule has 0 unspecified atom stereocenters. The van der Waals surface area contributed by atoms with Crippen LogP contribution in [0.2, 0.25) is 0 Å². The van der Waals surface area contributed by atoms with Crippen molar-refractivity contribution in [1.29, 1.82) is 0 Å². The molecule has 4 heteroatoms. The lowest BCUT2D eigenvalue weighted by molar-refractivity contribution is 0.0750. The van der Waals surface area contributed by atoms with Gasteiger partial charge in [-0.1, -0.05) is 6.07 Å². The molecule has 1 aromatic carbocycles. The molecule has 1 amide bonds. The number of benzene rings is 1. The van der Waals surface area contributed by atoms with Crippen molar-refractivity contribution in [2.24, 2.45) is 0 Å². The summed E-state index contributed by atoms with van der Waals surface area (Å²) in [7, 11) is 0. The van der Waals surface area contributed by atoms with Crippen LogP contribution in [0.15, 0.2) is 41.2 Å². The molecule has 1 aliphatic rings. The smallest absolute Gasteiger partial charge is 0.257 e. The highest BCUT2D eigenvalue weighted by Crippen LogP contribution is 2.26. The number of rotatable bonds is 1. The number of amides is 1. The van der Waals surface area contributed by atoms with Gasteiger partial charge in [-0.2, -0.15) is 0 Å². The number of carbonyl (C=O) groups excluding carboxylic acids is 1. The predicted molar refractivity (Wildman–Crippen MR) is 63.1 cm³/mol. The van der Waals surface area contributed by atoms with E-state index < -0.39 is 0 Å². The Kier molecular flexibility index (Phi) is 2.14. The van der Waals surface area contributed by atoms with Crippen molar-refractivity contribution >= 4 is 11.6 Å². The zero-order valence-corrected chi connectivity index (χ0v) is 9.22. The van der Waals surface area contributed by atoms with E-state index in [0.717, 1.165) is 16.8 Å². The molecule has 0 spiro atoms. The maximum atomic E-state index is 12.1. The maximum Gasteiger partial charge on any atom is 0.257 e. The molecule has 0 saturated heterocycles. The average Bonchev–Trinajstić information content (AvgIpc) is 2.96. The molecule has 2 heterocycles. The van der Waals surface area contributed by atoms with Crippen molar-refractivity contribution in [3.8, 4) is 0 Å². The second-order valence-electron chi connectivity index (χ2n) is 4.20. The molecule has 2 aromatic rings. The SMILES string of the molecule is Nc1ccc2c(c1)CN(C(=O)c1ccoc1)C2. The highest BCUT2D eigenvalue weighted by molar-refractivity contribution is 5.94. The van der Waals surface area contributed by atoms with Gasteiger partial charge in [-0.25, -0.2) is 0 Å². The van der Waals surface area contributed by atoms with Gasteiger partial charge in [0.1, 0.15) is 6.26 Å². The van der Waals surface area contributed by atoms with Gasteiger partial charge >= 0.3 is 0 Å². The lowest BCUT2D eigenvalue weighted by Gasteiger charge is -2.13. The standard InChI is InChI=1S/C13H12N2O2/c14-12-2-1-9-6-15(7-11(9)5-12)13(16)10-3-4-17-8-10/h1-5,8H,6-7,14H2. The van der Waals surface area contributed by atoms with Crippen molar-refractivity contribution in [3.63, 3.8) is 0 Å². The Morgan fingerprint density at radius 3 is 2.82 bits per heavy atom. The minimum Gasteiger partial charge on any atom is -0.472 e. The molecular weight excluding hydrogens is 216 g/mol. The van der Waals surface area contributed by atoms with E-state index in [0.29, 0.717) is 18.7 Å². The van der Waals surface area contributed by atoms with E-state index in [9.17, 15) is 4.79 Å². The Hall–Kier alpha value is -2.23. The van der Waals surface area contributed by atoms with E-state index in [2.05, 4.69) is 0 Å². The van der Waals surface area contributed by atoms with Gasteiger partial charge in [0.2, 0.25) is 0 Å². The van der Waals surface area contributed by atoms with Crippen LogP contribution in [0.25, 0.3) is 0 Å². The number of anilines is 1. The molecule has 0 radical (unpaired) electrons. The van der Waals surface area contributed by atoms with Gasteiger partial charge in [0.25, 0.3) is 5.91 Å². The van der Waals surface area contributed by atoms with E-state index in [1.54, 1.807) is 11.0 Å². The molecule has 0 aliphatic carbocycles. The molecule has 2 N–H and O–H groups in total. The Labute approximate surface area is 98.6 Å². The quantitative estimate of drug-likeness (QED) is 0.759. The van der Waals surface area contributed by atoms with Crippen molar-refractivity contribution in [2.75, 3.05) is 5.73 Å². The van der Waals surface area contributed by atoms with Crippen molar-refractivity contribution in [2.45, 2.75) is 13.1 Å². The molecule has 17 heavy (non-hydrogen) atoms. The molecule has 1 aliphatic heterocycles. The van der Waals surface area contributed by atoms with Crippen LogP contribution < -0.4 is 5.73 Å². The van der Waals surface area contributed by atoms with Crippen LogP contribution in [0.4, 0.5) is 5.69 Å². The molecule has 0 bridgehead atoms. The molecule has 3 rings (SSSR count). The van der Waals surface area contributed by atoms with Gasteiger partial charge < -0.3 is 15.1 Å². The fourth-order valence-electron chi connectivity index (χ4n) is 2.13. The molecule has 0 saturated carbocycles. The third kappa shape index (κ3) is 1.67. The fourth-order valence-corrected chi connectivity index (χ4v) is 2.13. The highest BCUT2D eigenvalue weighted by Gasteiger charge is 2.24. The van der Waals surface area contributed by atoms with E-state index in [-0.39, 0.29) is 5.91 Å². The minimum atomic E-state index is -0.00600. The van der Waals surface area contributed by atoms with Crippen LogP contribution >= 0.6 is 0 Å². The molecule has 1 aromatic heterocycles. The number of furan rings is 1. The lowest BCUT2D eigenvalue weighted by atomic mass is 10.1. The van der Waals surface area contributed by atoms with Gasteiger partial charge in [0.05, 0.1) is 11.8 Å². The van der Waals surface area contributed by atoms with E-state index in [1.807, 2.05) is 18.2 Å². The Bertz CT molecular complexity index is 561. The summed E-state index contributed by atoms with van der Waals surface area (Å²) >= 11 is 0. The van der Waals surface area contributed by atoms with Crippen LogP contribution in [-0.4, -0.2) is 10.8 Å². The lowest BCUT2D eigenvalue weighted by Crippen LogP contribution is -2.24. The zero-order valence-electron chi connectivity index (χ0n) is 9.22. The third-order valence-corrected chi connectivity index (χ3v) is 3.01. The summed E-state index contributed by atoms with van der Waals surface area (Å²) < 4.78 is 4.92. The molecule has 0 fully saturated rings. The number of fused-ring (bicyclic) bond motifs is 1. The fraction of sp³-hybridized carbons (Fsp3) is 0.154. The van der Waals surface area contributed by atoms with Crippen molar-refractivity contribution in [1.82, 2.24) is 4.90 Å². The Balaban J connectivity index is 1.85. The van der Waals surface area contributed by atoms with Crippen LogP contribution in [0.3, 0.4) is 0 Å². The first-order valence-corrected chi connectivity index (χ1v) is 5.43. The number of hydrogen-bond donors (Lipinski definition) is 1. The normalized spacial score (nSPS) is 13.8. The first kappa shape index (κ1) is 9.96. The first-order valence-electron chi connectivity index (χ1n) is 5.43. The largest absolute Gasteiger partial charge is 0.472 e. The topological polar surface area (TPSA) is 59.5 Å². The first-order chi connectivity index (χ1) is 8.24. The number of nitrogen functional groups attached to an aromatic ring is 1. The third-order valence-electron chi connectivity index (χ3n) is 3.01. The van der Waals surface area contributed by atoms with Crippen LogP contribution in [0.5, 0.6) is 0 Å². The maximum absolute atomic E-state index is 12.1. The summed E-state index contributed by atoms with van der Waals surface area (Å²) in [5.74, 6) is -0.00600. The number of nitrogens with zero attached hydrogens (tertiary/aromatic N) is 1. The van der Waals surface area contributed by atoms with Gasteiger partial charge in [0.15, 0.2) is 0 Å². The molecule has 0 atom stereocenters. The molecule has 4 nitrogen and oxygen atoms in total. The monoisotopic (exact) mass is 228 g/mol. The Morgan fingerprint density at radius 2 is 2.06 bits per heavy atom. The number of hydrogen-bond acceptors (Lipinski definition) is 3. The van der Waals surface area contributed by atoms with Gasteiger partial charge in [-0.3, -0.25) is 4.79 Å². The average molecular weight is 228 g/mol. The predicted octanol–water partition coefficient (Wildman–Crippen LogP) is 2.02. The summed E-state index contributed by atoms with van der Waals surface area (Å²) in [6, 6.07) is 7.45. The van der Waals surface area contributed by atoms with Crippen molar-refractivity contribution in [3.05, 3.63) is 53.5 Å². The summed E-state index contributed by atoms with van der Waals surface area (Å²) in [5, 5.41) is 0. The number of nitrogens with two attached hydrogens (primary N) is 1. The molecule has 86 valence electrons. The van der Waals surface area contributed by atoms with Crippen molar-refractivity contribution < 1.29 is 9.21 Å². The minimum absolute atomic E-state index is 0.00600. The van der Waals surface area contributed by atoms with Crippen LogP contribution in [0, 0.1) is 0 Å². The second-order valence-corrected chi connectivity index (χ2v) is 4.20. The Morgan fingerprint density at radius 1 is 1.24 bits per heavy atom. The van der Waals surface area contributed by atoms with E-state index >= 15 is 0 Å². The van der Waals surface area contributed by atoms with E-state index in [1.165, 1.54) is 12.5 Å². The number of carbonyl (C=O) groups is 1. The highest BCUT2D eigenvalue weighted by atomic mass is 16.3.